The second kappa shape index (κ2) is 10.9. The quantitative estimate of drug-likeness (QED) is 0.402. The van der Waals surface area contributed by atoms with Crippen LogP contribution in [0.1, 0.15) is 33.6 Å². The molecule has 1 saturated heterocycles. The summed E-state index contributed by atoms with van der Waals surface area (Å²) in [4.78, 5) is 7.07. The summed E-state index contributed by atoms with van der Waals surface area (Å²) in [5.41, 5.74) is 0. The molecule has 1 unspecified atom stereocenters. The molecular weight excluding hydrogens is 266 g/mol. The predicted octanol–water partition coefficient (Wildman–Crippen LogP) is 1.98. The van der Waals surface area contributed by atoms with Crippen molar-refractivity contribution >= 4 is 5.96 Å². The van der Waals surface area contributed by atoms with E-state index < -0.39 is 0 Å². The van der Waals surface area contributed by atoms with E-state index in [0.29, 0.717) is 26.4 Å². The number of aliphatic imine (C=N–C) groups is 1. The highest BCUT2D eigenvalue weighted by Gasteiger charge is 2.25. The number of nitrogens with zero attached hydrogens (tertiary/aromatic N) is 2. The van der Waals surface area contributed by atoms with Crippen molar-refractivity contribution in [2.45, 2.75) is 33.6 Å². The Morgan fingerprint density at radius 2 is 2.14 bits per heavy atom. The van der Waals surface area contributed by atoms with Crippen molar-refractivity contribution in [3.8, 4) is 0 Å². The first kappa shape index (κ1) is 18.2. The van der Waals surface area contributed by atoms with E-state index in [1.54, 1.807) is 7.11 Å². The van der Waals surface area contributed by atoms with Gasteiger partial charge in [-0.2, -0.15) is 0 Å². The number of rotatable bonds is 9. The summed E-state index contributed by atoms with van der Waals surface area (Å²) in [5, 5.41) is 3.40. The zero-order valence-corrected chi connectivity index (χ0v) is 14.2. The fraction of sp³-hybridized carbons (Fsp3) is 0.938. The van der Waals surface area contributed by atoms with Gasteiger partial charge in [-0.1, -0.05) is 13.8 Å². The third-order valence-corrected chi connectivity index (χ3v) is 3.65. The Kier molecular flexibility index (Phi) is 9.42. The molecule has 0 bridgehead atoms. The number of likely N-dealkylation sites (tertiary alicyclic amines) is 1. The minimum Gasteiger partial charge on any atom is -0.382 e. The van der Waals surface area contributed by atoms with Crippen LogP contribution < -0.4 is 5.32 Å². The van der Waals surface area contributed by atoms with E-state index in [2.05, 4.69) is 36.0 Å². The van der Waals surface area contributed by atoms with Crippen molar-refractivity contribution in [1.29, 1.82) is 0 Å². The Bertz CT molecular complexity index is 295. The zero-order valence-electron chi connectivity index (χ0n) is 14.2. The van der Waals surface area contributed by atoms with Gasteiger partial charge in [-0.25, -0.2) is 0 Å². The molecule has 0 aromatic rings. The van der Waals surface area contributed by atoms with E-state index in [1.165, 1.54) is 12.8 Å². The van der Waals surface area contributed by atoms with Crippen molar-refractivity contribution in [2.24, 2.45) is 16.8 Å². The zero-order chi connectivity index (χ0) is 15.5. The van der Waals surface area contributed by atoms with Crippen LogP contribution in [0.15, 0.2) is 4.99 Å². The van der Waals surface area contributed by atoms with Crippen LogP contribution in [0, 0.1) is 11.8 Å². The van der Waals surface area contributed by atoms with Gasteiger partial charge in [0.1, 0.15) is 0 Å². The average molecular weight is 299 g/mol. The first-order valence-electron chi connectivity index (χ1n) is 8.27. The summed E-state index contributed by atoms with van der Waals surface area (Å²) in [6.07, 6.45) is 2.60. The molecule has 0 aliphatic carbocycles. The number of guanidine groups is 1. The predicted molar refractivity (Wildman–Crippen MR) is 87.8 cm³/mol. The van der Waals surface area contributed by atoms with Gasteiger partial charge < -0.3 is 19.7 Å². The molecule has 0 aromatic heterocycles. The molecule has 21 heavy (non-hydrogen) atoms. The lowest BCUT2D eigenvalue weighted by Gasteiger charge is -2.22. The molecule has 124 valence electrons. The summed E-state index contributed by atoms with van der Waals surface area (Å²) >= 11 is 0. The Balaban J connectivity index is 2.35. The minimum atomic E-state index is 0.642. The molecule has 1 fully saturated rings. The van der Waals surface area contributed by atoms with Gasteiger partial charge in [-0.3, -0.25) is 4.99 Å². The summed E-state index contributed by atoms with van der Waals surface area (Å²) in [5.74, 6) is 2.63. The molecule has 1 aliphatic rings. The van der Waals surface area contributed by atoms with Crippen LogP contribution in [0.4, 0.5) is 0 Å². The second-order valence-electron chi connectivity index (χ2n) is 6.07. The maximum absolute atomic E-state index is 5.46. The molecule has 5 nitrogen and oxygen atoms in total. The lowest BCUT2D eigenvalue weighted by atomic mass is 9.97. The molecule has 1 N–H and O–H groups in total. The number of hydrogen-bond acceptors (Lipinski definition) is 3. The fourth-order valence-corrected chi connectivity index (χ4v) is 2.77. The smallest absolute Gasteiger partial charge is 0.194 e. The molecular formula is C16H33N3O2. The molecule has 0 radical (unpaired) electrons. The van der Waals surface area contributed by atoms with Crippen LogP contribution in [-0.2, 0) is 9.47 Å². The molecule has 0 amide bonds. The highest BCUT2D eigenvalue weighted by Crippen LogP contribution is 2.23. The van der Waals surface area contributed by atoms with Crippen LogP contribution in [0.2, 0.25) is 0 Å². The van der Waals surface area contributed by atoms with Gasteiger partial charge in [0, 0.05) is 26.7 Å². The molecule has 1 heterocycles. The van der Waals surface area contributed by atoms with Gasteiger partial charge >= 0.3 is 0 Å². The maximum Gasteiger partial charge on any atom is 0.194 e. The van der Waals surface area contributed by atoms with Gasteiger partial charge in [0.15, 0.2) is 5.96 Å². The van der Waals surface area contributed by atoms with E-state index in [9.17, 15) is 0 Å². The van der Waals surface area contributed by atoms with Gasteiger partial charge in [0.2, 0.25) is 0 Å². The Labute approximate surface area is 130 Å². The summed E-state index contributed by atoms with van der Waals surface area (Å²) in [6.45, 7) is 12.5. The lowest BCUT2D eigenvalue weighted by Crippen LogP contribution is -2.40. The van der Waals surface area contributed by atoms with Crippen molar-refractivity contribution in [2.75, 3.05) is 53.1 Å². The molecule has 5 heteroatoms. The first-order valence-corrected chi connectivity index (χ1v) is 8.27. The van der Waals surface area contributed by atoms with E-state index in [0.717, 1.165) is 37.4 Å². The molecule has 0 aromatic carbocycles. The lowest BCUT2D eigenvalue weighted by molar-refractivity contribution is 0.0747. The van der Waals surface area contributed by atoms with Crippen molar-refractivity contribution in [3.63, 3.8) is 0 Å². The third-order valence-electron chi connectivity index (χ3n) is 3.65. The van der Waals surface area contributed by atoms with Crippen LogP contribution in [0.3, 0.4) is 0 Å². The van der Waals surface area contributed by atoms with Crippen LogP contribution in [0.5, 0.6) is 0 Å². The minimum absolute atomic E-state index is 0.642. The number of hydrogen-bond donors (Lipinski definition) is 1. The van der Waals surface area contributed by atoms with Crippen LogP contribution in [0.25, 0.3) is 0 Å². The van der Waals surface area contributed by atoms with Gasteiger partial charge in [-0.05, 0) is 31.6 Å². The Hall–Kier alpha value is -0.810. The largest absolute Gasteiger partial charge is 0.382 e. The Morgan fingerprint density at radius 1 is 1.33 bits per heavy atom. The van der Waals surface area contributed by atoms with E-state index in [-0.39, 0.29) is 0 Å². The van der Waals surface area contributed by atoms with E-state index in [4.69, 9.17) is 9.47 Å². The van der Waals surface area contributed by atoms with Crippen molar-refractivity contribution in [3.05, 3.63) is 0 Å². The molecule has 1 aliphatic heterocycles. The summed E-state index contributed by atoms with van der Waals surface area (Å²) < 4.78 is 10.4. The standard InChI is InChI=1S/C16H33N3O2/c1-5-17-16(18-7-9-21-11-10-20-4)19-8-6-15(13-19)12-14(2)3/h14-15H,5-13H2,1-4H3,(H,17,18). The highest BCUT2D eigenvalue weighted by molar-refractivity contribution is 5.80. The molecule has 0 saturated carbocycles. The maximum atomic E-state index is 5.46. The topological polar surface area (TPSA) is 46.1 Å². The number of ether oxygens (including phenoxy) is 2. The summed E-state index contributed by atoms with van der Waals surface area (Å²) in [7, 11) is 1.69. The van der Waals surface area contributed by atoms with Crippen LogP contribution >= 0.6 is 0 Å². The SMILES string of the molecule is CCNC(=NCCOCCOC)N1CCC(CC(C)C)C1. The van der Waals surface area contributed by atoms with Crippen molar-refractivity contribution < 1.29 is 9.47 Å². The number of methoxy groups -OCH3 is 1. The van der Waals surface area contributed by atoms with E-state index in [1.807, 2.05) is 0 Å². The van der Waals surface area contributed by atoms with E-state index >= 15 is 0 Å². The third kappa shape index (κ3) is 7.67. The summed E-state index contributed by atoms with van der Waals surface area (Å²) in [6, 6.07) is 0. The van der Waals surface area contributed by atoms with Crippen molar-refractivity contribution in [1.82, 2.24) is 10.2 Å². The van der Waals surface area contributed by atoms with Gasteiger partial charge in [0.25, 0.3) is 0 Å². The number of nitrogens with one attached hydrogen (secondary N) is 1. The average Bonchev–Trinajstić information content (AvgIpc) is 2.89. The second-order valence-corrected chi connectivity index (χ2v) is 6.07. The fourth-order valence-electron chi connectivity index (χ4n) is 2.77. The molecule has 0 spiro atoms. The van der Waals surface area contributed by atoms with Gasteiger partial charge in [0.05, 0.1) is 26.4 Å². The first-order chi connectivity index (χ1) is 10.2. The van der Waals surface area contributed by atoms with Crippen LogP contribution in [-0.4, -0.2) is 64.0 Å². The highest BCUT2D eigenvalue weighted by atomic mass is 16.5. The monoisotopic (exact) mass is 299 g/mol. The Morgan fingerprint density at radius 3 is 2.81 bits per heavy atom. The van der Waals surface area contributed by atoms with Gasteiger partial charge in [-0.15, -0.1) is 0 Å². The molecule has 1 atom stereocenters. The normalized spacial score (nSPS) is 19.6. The molecule has 1 rings (SSSR count).